The molecule has 2 aliphatic heterocycles. The molecule has 3 amide bonds. The number of carbonyl (C=O) groups excluding carboxylic acids is 3. The van der Waals surface area contributed by atoms with Crippen LogP contribution in [0.5, 0.6) is 5.75 Å². The number of nitrogens with zero attached hydrogens (tertiary/aromatic N) is 3. The van der Waals surface area contributed by atoms with Crippen molar-refractivity contribution in [2.45, 2.75) is 6.92 Å². The Morgan fingerprint density at radius 1 is 1.03 bits per heavy atom. The van der Waals surface area contributed by atoms with Gasteiger partial charge in [-0.3, -0.25) is 14.5 Å². The summed E-state index contributed by atoms with van der Waals surface area (Å²) in [6.45, 7) is 3.23. The molecule has 4 rings (SSSR count). The van der Waals surface area contributed by atoms with Crippen LogP contribution in [0.25, 0.3) is 6.08 Å². The maximum absolute atomic E-state index is 14.1. The zero-order valence-corrected chi connectivity index (χ0v) is 18.2. The number of fused-ring (bicyclic) bond motifs is 1. The third-order valence-corrected chi connectivity index (χ3v) is 5.48. The molecule has 0 unspecified atom stereocenters. The van der Waals surface area contributed by atoms with E-state index in [4.69, 9.17) is 9.47 Å². The van der Waals surface area contributed by atoms with Crippen molar-refractivity contribution in [3.05, 3.63) is 65.7 Å². The van der Waals surface area contributed by atoms with Crippen molar-refractivity contribution in [1.82, 2.24) is 9.80 Å². The first-order chi connectivity index (χ1) is 16.0. The summed E-state index contributed by atoms with van der Waals surface area (Å²) in [7, 11) is 0. The van der Waals surface area contributed by atoms with Crippen molar-refractivity contribution in [2.75, 3.05) is 44.2 Å². The number of benzene rings is 2. The fraction of sp³-hybridized carbons (Fsp3) is 0.292. The number of para-hydroxylation sites is 2. The Labute approximate surface area is 190 Å². The Balaban J connectivity index is 1.52. The summed E-state index contributed by atoms with van der Waals surface area (Å²) < 4.78 is 24.9. The van der Waals surface area contributed by atoms with Crippen molar-refractivity contribution < 1.29 is 28.2 Å². The van der Waals surface area contributed by atoms with Crippen molar-refractivity contribution in [1.29, 1.82) is 0 Å². The highest BCUT2D eigenvalue weighted by molar-refractivity contribution is 6.12. The van der Waals surface area contributed by atoms with Gasteiger partial charge in [0, 0.05) is 31.7 Å². The molecule has 172 valence electrons. The van der Waals surface area contributed by atoms with E-state index < -0.39 is 17.8 Å². The predicted octanol–water partition coefficient (Wildman–Crippen LogP) is 2.89. The van der Waals surface area contributed by atoms with Crippen LogP contribution in [0.2, 0.25) is 0 Å². The van der Waals surface area contributed by atoms with Crippen LogP contribution in [0.3, 0.4) is 0 Å². The lowest BCUT2D eigenvalue weighted by molar-refractivity contribution is -0.132. The number of rotatable bonds is 4. The average molecular weight is 453 g/mol. The lowest BCUT2D eigenvalue weighted by Gasteiger charge is -2.36. The summed E-state index contributed by atoms with van der Waals surface area (Å²) in [5.74, 6) is -0.940. The third-order valence-electron chi connectivity index (χ3n) is 5.48. The van der Waals surface area contributed by atoms with Crippen molar-refractivity contribution in [3.63, 3.8) is 0 Å². The fourth-order valence-corrected chi connectivity index (χ4v) is 3.74. The van der Waals surface area contributed by atoms with Gasteiger partial charge in [-0.2, -0.15) is 0 Å². The number of hydrogen-bond donors (Lipinski definition) is 0. The highest BCUT2D eigenvalue weighted by atomic mass is 19.1. The molecule has 2 aliphatic rings. The van der Waals surface area contributed by atoms with E-state index in [-0.39, 0.29) is 23.8 Å². The molecule has 0 radical (unpaired) electrons. The number of hydrogen-bond acceptors (Lipinski definition) is 5. The highest BCUT2D eigenvalue weighted by Crippen LogP contribution is 2.35. The molecule has 2 heterocycles. The van der Waals surface area contributed by atoms with Gasteiger partial charge in [0.25, 0.3) is 5.91 Å². The van der Waals surface area contributed by atoms with E-state index in [2.05, 4.69) is 0 Å². The first-order valence-electron chi connectivity index (χ1n) is 10.7. The molecular formula is C24H24FN3O5. The molecular weight excluding hydrogens is 429 g/mol. The Bertz CT molecular complexity index is 1100. The number of halogens is 1. The molecule has 2 aromatic rings. The summed E-state index contributed by atoms with van der Waals surface area (Å²) in [4.78, 5) is 42.6. The second kappa shape index (κ2) is 9.72. The number of amides is 3. The lowest BCUT2D eigenvalue weighted by Crippen LogP contribution is -2.53. The molecule has 1 fully saturated rings. The summed E-state index contributed by atoms with van der Waals surface area (Å²) in [6, 6.07) is 12.9. The zero-order chi connectivity index (χ0) is 23.4. The van der Waals surface area contributed by atoms with Crippen molar-refractivity contribution >= 4 is 29.7 Å². The largest absolute Gasteiger partial charge is 0.450 e. The molecule has 0 aliphatic carbocycles. The van der Waals surface area contributed by atoms with Gasteiger partial charge in [0.15, 0.2) is 11.5 Å². The fourth-order valence-electron chi connectivity index (χ4n) is 3.74. The first-order valence-corrected chi connectivity index (χ1v) is 10.7. The van der Waals surface area contributed by atoms with Gasteiger partial charge in [0.2, 0.25) is 5.91 Å². The smallest absolute Gasteiger partial charge is 0.409 e. The highest BCUT2D eigenvalue weighted by Gasteiger charge is 2.34. The van der Waals surface area contributed by atoms with Crippen LogP contribution in [-0.4, -0.2) is 67.0 Å². The summed E-state index contributed by atoms with van der Waals surface area (Å²) >= 11 is 0. The van der Waals surface area contributed by atoms with Crippen LogP contribution in [0.1, 0.15) is 12.5 Å². The van der Waals surface area contributed by atoms with Crippen LogP contribution >= 0.6 is 0 Å². The van der Waals surface area contributed by atoms with Gasteiger partial charge in [0.1, 0.15) is 12.4 Å². The number of carbonyl (C=O) groups is 3. The molecule has 0 spiro atoms. The molecule has 9 heteroatoms. The van der Waals surface area contributed by atoms with E-state index in [1.807, 2.05) is 0 Å². The normalized spacial score (nSPS) is 17.0. The summed E-state index contributed by atoms with van der Waals surface area (Å²) in [6.07, 6.45) is 0.938. The second-order valence-electron chi connectivity index (χ2n) is 7.56. The maximum Gasteiger partial charge on any atom is 0.409 e. The Hall–Kier alpha value is -3.88. The minimum Gasteiger partial charge on any atom is -0.450 e. The van der Waals surface area contributed by atoms with Gasteiger partial charge in [-0.05, 0) is 31.2 Å². The molecule has 0 atom stereocenters. The van der Waals surface area contributed by atoms with E-state index in [1.165, 1.54) is 23.1 Å². The van der Waals surface area contributed by atoms with E-state index in [1.54, 1.807) is 53.1 Å². The standard InChI is InChI=1S/C24H24FN3O5/c1-2-32-24(31)27-13-11-26(12-14-27)22(29)16-28-19-9-5-6-10-20(19)33-21(23(28)30)15-17-7-3-4-8-18(17)25/h3-10,15H,2,11-14,16H2,1H3/b21-15-. The van der Waals surface area contributed by atoms with Gasteiger partial charge in [0.05, 0.1) is 12.3 Å². The molecule has 0 bridgehead atoms. The second-order valence-corrected chi connectivity index (χ2v) is 7.56. The van der Waals surface area contributed by atoms with Gasteiger partial charge in [-0.15, -0.1) is 0 Å². The molecule has 33 heavy (non-hydrogen) atoms. The van der Waals surface area contributed by atoms with E-state index in [9.17, 15) is 18.8 Å². The Morgan fingerprint density at radius 2 is 1.70 bits per heavy atom. The number of anilines is 1. The quantitative estimate of drug-likeness (QED) is 0.666. The van der Waals surface area contributed by atoms with Crippen LogP contribution in [0.15, 0.2) is 54.3 Å². The van der Waals surface area contributed by atoms with Crippen LogP contribution < -0.4 is 9.64 Å². The monoisotopic (exact) mass is 453 g/mol. The summed E-state index contributed by atoms with van der Waals surface area (Å²) in [5, 5.41) is 0. The molecule has 2 aromatic carbocycles. The average Bonchev–Trinajstić information content (AvgIpc) is 2.83. The maximum atomic E-state index is 14.1. The van der Waals surface area contributed by atoms with Crippen molar-refractivity contribution in [3.8, 4) is 5.75 Å². The molecule has 0 N–H and O–H groups in total. The van der Waals surface area contributed by atoms with Gasteiger partial charge < -0.3 is 19.3 Å². The van der Waals surface area contributed by atoms with Crippen LogP contribution in [0.4, 0.5) is 14.9 Å². The van der Waals surface area contributed by atoms with Crippen LogP contribution in [0, 0.1) is 5.82 Å². The summed E-state index contributed by atoms with van der Waals surface area (Å²) in [5.41, 5.74) is 0.674. The van der Waals surface area contributed by atoms with Crippen molar-refractivity contribution in [2.24, 2.45) is 0 Å². The first kappa shape index (κ1) is 22.3. The van der Waals surface area contributed by atoms with Crippen LogP contribution in [-0.2, 0) is 14.3 Å². The molecule has 1 saturated heterocycles. The van der Waals surface area contributed by atoms with Gasteiger partial charge >= 0.3 is 6.09 Å². The molecule has 0 aromatic heterocycles. The minimum absolute atomic E-state index is 0.0706. The Morgan fingerprint density at radius 3 is 2.42 bits per heavy atom. The SMILES string of the molecule is CCOC(=O)N1CCN(C(=O)CN2C(=O)/C(=C/c3ccccc3F)Oc3ccccc32)CC1. The third kappa shape index (κ3) is 4.82. The van der Waals surface area contributed by atoms with E-state index >= 15 is 0 Å². The molecule has 8 nitrogen and oxygen atoms in total. The number of ether oxygens (including phenoxy) is 2. The molecule has 0 saturated carbocycles. The van der Waals surface area contributed by atoms with E-state index in [0.717, 1.165) is 0 Å². The van der Waals surface area contributed by atoms with Gasteiger partial charge in [-0.1, -0.05) is 30.3 Å². The minimum atomic E-state index is -0.532. The zero-order valence-electron chi connectivity index (χ0n) is 18.2. The van der Waals surface area contributed by atoms with E-state index in [0.29, 0.717) is 44.2 Å². The lowest BCUT2D eigenvalue weighted by atomic mass is 10.1. The predicted molar refractivity (Wildman–Crippen MR) is 119 cm³/mol. The topological polar surface area (TPSA) is 79.4 Å². The Kier molecular flexibility index (Phi) is 6.58. The number of piperazine rings is 1. The van der Waals surface area contributed by atoms with Gasteiger partial charge in [-0.25, -0.2) is 9.18 Å².